The molecule has 1 aromatic heterocycles. The van der Waals surface area contributed by atoms with Crippen LogP contribution in [0.4, 0.5) is 11.4 Å². The maximum absolute atomic E-state index is 12.6. The molecule has 1 aliphatic heterocycles. The maximum Gasteiger partial charge on any atom is 0.234 e. The van der Waals surface area contributed by atoms with E-state index >= 15 is 0 Å². The minimum Gasteiger partial charge on any atom is -0.486 e. The van der Waals surface area contributed by atoms with Crippen LogP contribution in [0, 0.1) is 5.92 Å². The topological polar surface area (TPSA) is 81.5 Å². The van der Waals surface area contributed by atoms with Gasteiger partial charge in [-0.1, -0.05) is 43.8 Å². The molecule has 8 nitrogen and oxygen atoms in total. The van der Waals surface area contributed by atoms with Gasteiger partial charge in [0, 0.05) is 31.0 Å². The van der Waals surface area contributed by atoms with Crippen LogP contribution in [-0.2, 0) is 22.7 Å². The van der Waals surface area contributed by atoms with E-state index in [2.05, 4.69) is 38.8 Å². The lowest BCUT2D eigenvalue weighted by Crippen LogP contribution is -2.36. The number of anilines is 2. The van der Waals surface area contributed by atoms with Crippen molar-refractivity contribution in [2.75, 3.05) is 42.3 Å². The van der Waals surface area contributed by atoms with Gasteiger partial charge in [0.25, 0.3) is 0 Å². The Labute approximate surface area is 211 Å². The van der Waals surface area contributed by atoms with Gasteiger partial charge in [0.05, 0.1) is 19.0 Å². The number of carbonyl (C=O) groups is 1. The predicted molar refractivity (Wildman–Crippen MR) is 139 cm³/mol. The van der Waals surface area contributed by atoms with Crippen LogP contribution in [0.15, 0.2) is 59.8 Å². The second-order valence-electron chi connectivity index (χ2n) is 8.82. The summed E-state index contributed by atoms with van der Waals surface area (Å²) in [5, 5.41) is 12.4. The van der Waals surface area contributed by atoms with E-state index in [9.17, 15) is 4.79 Å². The molecule has 4 rings (SSSR count). The normalized spacial score (nSPS) is 13.7. The zero-order chi connectivity index (χ0) is 24.5. The van der Waals surface area contributed by atoms with Gasteiger partial charge in [-0.15, -0.1) is 10.2 Å². The Kier molecular flexibility index (Phi) is 9.02. The standard InChI is InChI=1S/C26H33N5O3S/c1-20(2)12-13-31-24(18-34-23-6-4-3-5-7-23)28-29-26(31)35-19-25(32)27-21-8-10-22(11-9-21)30-14-16-33-17-15-30/h3-11,20H,12-19H2,1-2H3,(H,27,32). The molecule has 1 amide bonds. The third-order valence-electron chi connectivity index (χ3n) is 5.69. The number of morpholine rings is 1. The minimum atomic E-state index is -0.0744. The number of carbonyl (C=O) groups excluding carboxylic acids is 1. The lowest BCUT2D eigenvalue weighted by molar-refractivity contribution is -0.113. The highest BCUT2D eigenvalue weighted by molar-refractivity contribution is 7.99. The van der Waals surface area contributed by atoms with Crippen molar-refractivity contribution in [2.24, 2.45) is 5.92 Å². The van der Waals surface area contributed by atoms with E-state index in [1.165, 1.54) is 11.8 Å². The average Bonchev–Trinajstić information content (AvgIpc) is 3.28. The fourth-order valence-electron chi connectivity index (χ4n) is 3.71. The molecule has 0 radical (unpaired) electrons. The molecule has 0 bridgehead atoms. The minimum absolute atomic E-state index is 0.0744. The van der Waals surface area contributed by atoms with Crippen molar-refractivity contribution >= 4 is 29.0 Å². The first-order valence-corrected chi connectivity index (χ1v) is 13.0. The molecule has 2 aromatic carbocycles. The Morgan fingerprint density at radius 1 is 1.09 bits per heavy atom. The Hall–Kier alpha value is -3.04. The molecule has 0 unspecified atom stereocenters. The molecule has 186 valence electrons. The van der Waals surface area contributed by atoms with Crippen LogP contribution >= 0.6 is 11.8 Å². The SMILES string of the molecule is CC(C)CCn1c(COc2ccccc2)nnc1SCC(=O)Nc1ccc(N2CCOCC2)cc1. The first-order chi connectivity index (χ1) is 17.1. The molecule has 0 saturated carbocycles. The molecule has 0 spiro atoms. The Balaban J connectivity index is 1.33. The monoisotopic (exact) mass is 495 g/mol. The lowest BCUT2D eigenvalue weighted by Gasteiger charge is -2.28. The molecular weight excluding hydrogens is 462 g/mol. The third kappa shape index (κ3) is 7.47. The van der Waals surface area contributed by atoms with E-state index in [4.69, 9.17) is 9.47 Å². The smallest absolute Gasteiger partial charge is 0.234 e. The number of amides is 1. The van der Waals surface area contributed by atoms with E-state index in [1.54, 1.807) is 0 Å². The summed E-state index contributed by atoms with van der Waals surface area (Å²) in [5.41, 5.74) is 1.93. The maximum atomic E-state index is 12.6. The van der Waals surface area contributed by atoms with Crippen LogP contribution in [0.3, 0.4) is 0 Å². The molecule has 1 saturated heterocycles. The number of aromatic nitrogens is 3. The van der Waals surface area contributed by atoms with Crippen LogP contribution in [-0.4, -0.2) is 52.7 Å². The van der Waals surface area contributed by atoms with Crippen molar-refractivity contribution in [2.45, 2.75) is 38.6 Å². The molecule has 9 heteroatoms. The van der Waals surface area contributed by atoms with Crippen LogP contribution in [0.1, 0.15) is 26.1 Å². The predicted octanol–water partition coefficient (Wildman–Crippen LogP) is 4.47. The van der Waals surface area contributed by atoms with Crippen LogP contribution in [0.5, 0.6) is 5.75 Å². The molecule has 3 aromatic rings. The number of nitrogens with one attached hydrogen (secondary N) is 1. The van der Waals surface area contributed by atoms with Gasteiger partial charge in [-0.25, -0.2) is 0 Å². The third-order valence-corrected chi connectivity index (χ3v) is 6.66. The number of rotatable bonds is 11. The van der Waals surface area contributed by atoms with Gasteiger partial charge in [0.15, 0.2) is 11.0 Å². The van der Waals surface area contributed by atoms with Gasteiger partial charge < -0.3 is 24.3 Å². The lowest BCUT2D eigenvalue weighted by atomic mass is 10.1. The molecule has 1 fully saturated rings. The number of benzene rings is 2. The zero-order valence-corrected chi connectivity index (χ0v) is 21.2. The van der Waals surface area contributed by atoms with E-state index in [-0.39, 0.29) is 11.7 Å². The van der Waals surface area contributed by atoms with E-state index in [1.807, 2.05) is 54.6 Å². The van der Waals surface area contributed by atoms with Gasteiger partial charge >= 0.3 is 0 Å². The summed E-state index contributed by atoms with van der Waals surface area (Å²) in [4.78, 5) is 14.9. The van der Waals surface area contributed by atoms with Crippen molar-refractivity contribution in [1.82, 2.24) is 14.8 Å². The van der Waals surface area contributed by atoms with E-state index in [0.29, 0.717) is 12.5 Å². The number of para-hydroxylation sites is 1. The number of hydrogen-bond acceptors (Lipinski definition) is 7. The van der Waals surface area contributed by atoms with Gasteiger partial charge in [0.1, 0.15) is 12.4 Å². The summed E-state index contributed by atoms with van der Waals surface area (Å²) < 4.78 is 13.4. The summed E-state index contributed by atoms with van der Waals surface area (Å²) in [7, 11) is 0. The number of nitrogens with zero attached hydrogens (tertiary/aromatic N) is 4. The van der Waals surface area contributed by atoms with E-state index < -0.39 is 0 Å². The van der Waals surface area contributed by atoms with Gasteiger partial charge in [-0.2, -0.15) is 0 Å². The summed E-state index contributed by atoms with van der Waals surface area (Å²) >= 11 is 1.39. The van der Waals surface area contributed by atoms with Crippen molar-refractivity contribution in [3.63, 3.8) is 0 Å². The zero-order valence-electron chi connectivity index (χ0n) is 20.4. The average molecular weight is 496 g/mol. The fourth-order valence-corrected chi connectivity index (χ4v) is 4.50. The Bertz CT molecular complexity index is 1070. The van der Waals surface area contributed by atoms with Gasteiger partial charge in [-0.05, 0) is 48.7 Å². The molecule has 0 atom stereocenters. The highest BCUT2D eigenvalue weighted by Crippen LogP contribution is 2.22. The summed E-state index contributed by atoms with van der Waals surface area (Å²) in [6, 6.07) is 17.6. The highest BCUT2D eigenvalue weighted by atomic mass is 32.2. The van der Waals surface area contributed by atoms with Gasteiger partial charge in [0.2, 0.25) is 5.91 Å². The van der Waals surface area contributed by atoms with Crippen LogP contribution < -0.4 is 15.0 Å². The van der Waals surface area contributed by atoms with Crippen LogP contribution in [0.2, 0.25) is 0 Å². The number of thioether (sulfide) groups is 1. The van der Waals surface area contributed by atoms with Crippen molar-refractivity contribution < 1.29 is 14.3 Å². The molecule has 0 aliphatic carbocycles. The second-order valence-corrected chi connectivity index (χ2v) is 9.76. The Morgan fingerprint density at radius 3 is 2.54 bits per heavy atom. The first kappa shape index (κ1) is 25.1. The van der Waals surface area contributed by atoms with E-state index in [0.717, 1.165) is 67.4 Å². The Morgan fingerprint density at radius 2 is 1.83 bits per heavy atom. The number of ether oxygens (including phenoxy) is 2. The first-order valence-electron chi connectivity index (χ1n) is 12.0. The summed E-state index contributed by atoms with van der Waals surface area (Å²) in [6.07, 6.45) is 0.992. The van der Waals surface area contributed by atoms with Crippen molar-refractivity contribution in [3.05, 3.63) is 60.4 Å². The quantitative estimate of drug-likeness (QED) is 0.393. The second kappa shape index (κ2) is 12.6. The summed E-state index contributed by atoms with van der Waals surface area (Å²) in [6.45, 7) is 8.76. The highest BCUT2D eigenvalue weighted by Gasteiger charge is 2.16. The van der Waals surface area contributed by atoms with Crippen LogP contribution in [0.25, 0.3) is 0 Å². The molecular formula is C26H33N5O3S. The number of hydrogen-bond donors (Lipinski definition) is 1. The molecule has 1 N–H and O–H groups in total. The molecule has 2 heterocycles. The largest absolute Gasteiger partial charge is 0.486 e. The molecule has 1 aliphatic rings. The van der Waals surface area contributed by atoms with Crippen molar-refractivity contribution in [1.29, 1.82) is 0 Å². The molecule has 35 heavy (non-hydrogen) atoms. The van der Waals surface area contributed by atoms with Crippen molar-refractivity contribution in [3.8, 4) is 5.75 Å². The summed E-state index contributed by atoms with van der Waals surface area (Å²) in [5.74, 6) is 2.27. The fraction of sp³-hybridized carbons (Fsp3) is 0.423. The van der Waals surface area contributed by atoms with Gasteiger partial charge in [-0.3, -0.25) is 4.79 Å².